The highest BCUT2D eigenvalue weighted by Gasteiger charge is 2.27. The number of nitrogens with zero attached hydrogens (tertiary/aromatic N) is 1. The molecule has 2 fully saturated rings. The topological polar surface area (TPSA) is 41.6 Å². The first kappa shape index (κ1) is 14.5. The van der Waals surface area contributed by atoms with E-state index in [4.69, 9.17) is 4.74 Å². The Morgan fingerprint density at radius 1 is 1.05 bits per heavy atom. The second-order valence-corrected chi connectivity index (χ2v) is 5.99. The molecule has 0 atom stereocenters. The SMILES string of the molecule is O=C(NC1CCN(C2CCOCC2)CC1)c1ccccc1. The minimum absolute atomic E-state index is 0.0557. The van der Waals surface area contributed by atoms with Crippen molar-refractivity contribution in [1.29, 1.82) is 0 Å². The number of hydrogen-bond acceptors (Lipinski definition) is 3. The van der Waals surface area contributed by atoms with Crippen LogP contribution >= 0.6 is 0 Å². The second-order valence-electron chi connectivity index (χ2n) is 5.99. The Hall–Kier alpha value is -1.39. The largest absolute Gasteiger partial charge is 0.381 e. The van der Waals surface area contributed by atoms with Gasteiger partial charge >= 0.3 is 0 Å². The fourth-order valence-electron chi connectivity index (χ4n) is 3.32. The summed E-state index contributed by atoms with van der Waals surface area (Å²) in [5, 5.41) is 3.17. The lowest BCUT2D eigenvalue weighted by molar-refractivity contribution is 0.0238. The van der Waals surface area contributed by atoms with Gasteiger partial charge in [-0.05, 0) is 37.8 Å². The van der Waals surface area contributed by atoms with E-state index in [-0.39, 0.29) is 5.91 Å². The van der Waals surface area contributed by atoms with Crippen LogP contribution in [0.3, 0.4) is 0 Å². The molecule has 114 valence electrons. The van der Waals surface area contributed by atoms with Crippen molar-refractivity contribution in [1.82, 2.24) is 10.2 Å². The lowest BCUT2D eigenvalue weighted by atomic mass is 9.99. The smallest absolute Gasteiger partial charge is 0.251 e. The van der Waals surface area contributed by atoms with Crippen LogP contribution in [-0.4, -0.2) is 49.2 Å². The highest BCUT2D eigenvalue weighted by molar-refractivity contribution is 5.94. The maximum absolute atomic E-state index is 12.2. The van der Waals surface area contributed by atoms with Gasteiger partial charge in [-0.15, -0.1) is 0 Å². The van der Waals surface area contributed by atoms with E-state index in [1.807, 2.05) is 30.3 Å². The standard InChI is InChI=1S/C17H24N2O2/c20-17(14-4-2-1-3-5-14)18-15-6-10-19(11-7-15)16-8-12-21-13-9-16/h1-5,15-16H,6-13H2,(H,18,20). The minimum Gasteiger partial charge on any atom is -0.381 e. The molecule has 0 saturated carbocycles. The lowest BCUT2D eigenvalue weighted by Gasteiger charge is -2.39. The van der Waals surface area contributed by atoms with Crippen molar-refractivity contribution in [3.05, 3.63) is 35.9 Å². The van der Waals surface area contributed by atoms with Gasteiger partial charge in [0.05, 0.1) is 0 Å². The number of carbonyl (C=O) groups is 1. The summed E-state index contributed by atoms with van der Waals surface area (Å²) >= 11 is 0. The number of benzene rings is 1. The molecule has 0 bridgehead atoms. The fourth-order valence-corrected chi connectivity index (χ4v) is 3.32. The fraction of sp³-hybridized carbons (Fsp3) is 0.588. The van der Waals surface area contributed by atoms with E-state index in [2.05, 4.69) is 10.2 Å². The summed E-state index contributed by atoms with van der Waals surface area (Å²) < 4.78 is 5.43. The molecule has 1 N–H and O–H groups in total. The number of amides is 1. The molecular weight excluding hydrogens is 264 g/mol. The van der Waals surface area contributed by atoms with Crippen molar-refractivity contribution in [2.24, 2.45) is 0 Å². The third kappa shape index (κ3) is 3.83. The number of nitrogens with one attached hydrogen (secondary N) is 1. The molecule has 2 aliphatic rings. The molecule has 0 radical (unpaired) electrons. The number of rotatable bonds is 3. The molecule has 4 nitrogen and oxygen atoms in total. The summed E-state index contributed by atoms with van der Waals surface area (Å²) in [6.45, 7) is 3.97. The third-order valence-electron chi connectivity index (χ3n) is 4.61. The lowest BCUT2D eigenvalue weighted by Crippen LogP contribution is -2.49. The van der Waals surface area contributed by atoms with Gasteiger partial charge in [-0.1, -0.05) is 18.2 Å². The molecule has 1 aromatic carbocycles. The molecule has 3 rings (SSSR count). The molecule has 0 aliphatic carbocycles. The maximum atomic E-state index is 12.2. The van der Waals surface area contributed by atoms with Crippen molar-refractivity contribution >= 4 is 5.91 Å². The highest BCUT2D eigenvalue weighted by atomic mass is 16.5. The average Bonchev–Trinajstić information content (AvgIpc) is 2.57. The van der Waals surface area contributed by atoms with E-state index < -0.39 is 0 Å². The number of likely N-dealkylation sites (tertiary alicyclic amines) is 1. The summed E-state index contributed by atoms with van der Waals surface area (Å²) in [5.74, 6) is 0.0557. The zero-order chi connectivity index (χ0) is 14.5. The van der Waals surface area contributed by atoms with Crippen LogP contribution in [0.15, 0.2) is 30.3 Å². The average molecular weight is 288 g/mol. The zero-order valence-electron chi connectivity index (χ0n) is 12.5. The van der Waals surface area contributed by atoms with Gasteiger partial charge in [-0.25, -0.2) is 0 Å². The Balaban J connectivity index is 1.46. The van der Waals surface area contributed by atoms with Gasteiger partial charge in [-0.2, -0.15) is 0 Å². The summed E-state index contributed by atoms with van der Waals surface area (Å²) in [6, 6.07) is 10.5. The van der Waals surface area contributed by atoms with Gasteiger partial charge in [0.2, 0.25) is 0 Å². The van der Waals surface area contributed by atoms with Crippen molar-refractivity contribution in [3.8, 4) is 0 Å². The van der Waals surface area contributed by atoms with Gasteiger partial charge in [0.15, 0.2) is 0 Å². The van der Waals surface area contributed by atoms with E-state index in [1.54, 1.807) is 0 Å². The van der Waals surface area contributed by atoms with Crippen LogP contribution in [0.1, 0.15) is 36.0 Å². The van der Waals surface area contributed by atoms with Crippen LogP contribution in [0.2, 0.25) is 0 Å². The molecular formula is C17H24N2O2. The third-order valence-corrected chi connectivity index (χ3v) is 4.61. The zero-order valence-corrected chi connectivity index (χ0v) is 12.5. The van der Waals surface area contributed by atoms with Crippen LogP contribution in [0.25, 0.3) is 0 Å². The molecule has 2 aliphatic heterocycles. The molecule has 1 aromatic rings. The van der Waals surface area contributed by atoms with Crippen molar-refractivity contribution < 1.29 is 9.53 Å². The summed E-state index contributed by atoms with van der Waals surface area (Å²) in [7, 11) is 0. The Morgan fingerprint density at radius 3 is 2.38 bits per heavy atom. The predicted octanol–water partition coefficient (Wildman–Crippen LogP) is 2.06. The first-order chi connectivity index (χ1) is 10.3. The van der Waals surface area contributed by atoms with Crippen molar-refractivity contribution in [2.45, 2.75) is 37.8 Å². The van der Waals surface area contributed by atoms with Crippen LogP contribution in [0, 0.1) is 0 Å². The van der Waals surface area contributed by atoms with E-state index in [1.165, 1.54) is 0 Å². The molecule has 0 aromatic heterocycles. The van der Waals surface area contributed by atoms with Crippen molar-refractivity contribution in [3.63, 3.8) is 0 Å². The van der Waals surface area contributed by atoms with Crippen LogP contribution in [0.4, 0.5) is 0 Å². The monoisotopic (exact) mass is 288 g/mol. The highest BCUT2D eigenvalue weighted by Crippen LogP contribution is 2.20. The van der Waals surface area contributed by atoms with Crippen LogP contribution in [0.5, 0.6) is 0 Å². The van der Waals surface area contributed by atoms with Crippen LogP contribution < -0.4 is 5.32 Å². The number of ether oxygens (including phenoxy) is 1. The molecule has 4 heteroatoms. The summed E-state index contributed by atoms with van der Waals surface area (Å²) in [4.78, 5) is 14.7. The predicted molar refractivity (Wildman–Crippen MR) is 82.3 cm³/mol. The minimum atomic E-state index is 0.0557. The van der Waals surface area contributed by atoms with Gasteiger partial charge in [-0.3, -0.25) is 4.79 Å². The van der Waals surface area contributed by atoms with E-state index >= 15 is 0 Å². The van der Waals surface area contributed by atoms with Gasteiger partial charge in [0.1, 0.15) is 0 Å². The first-order valence-electron chi connectivity index (χ1n) is 8.00. The number of carbonyl (C=O) groups excluding carboxylic acids is 1. The molecule has 2 saturated heterocycles. The Kier molecular flexibility index (Phi) is 4.88. The molecule has 21 heavy (non-hydrogen) atoms. The summed E-state index contributed by atoms with van der Waals surface area (Å²) in [5.41, 5.74) is 0.754. The Morgan fingerprint density at radius 2 is 1.71 bits per heavy atom. The summed E-state index contributed by atoms with van der Waals surface area (Å²) in [6.07, 6.45) is 4.41. The second kappa shape index (κ2) is 7.05. The molecule has 0 unspecified atom stereocenters. The van der Waals surface area contributed by atoms with E-state index in [0.717, 1.165) is 57.6 Å². The number of piperidine rings is 1. The number of hydrogen-bond donors (Lipinski definition) is 1. The molecule has 0 spiro atoms. The Labute approximate surface area is 126 Å². The molecule has 2 heterocycles. The normalized spacial score (nSPS) is 22.1. The van der Waals surface area contributed by atoms with Gasteiger partial charge in [0.25, 0.3) is 5.91 Å². The van der Waals surface area contributed by atoms with Gasteiger partial charge < -0.3 is 15.0 Å². The Bertz CT molecular complexity index is 449. The molecule has 1 amide bonds. The quantitative estimate of drug-likeness (QED) is 0.925. The van der Waals surface area contributed by atoms with E-state index in [0.29, 0.717) is 12.1 Å². The maximum Gasteiger partial charge on any atom is 0.251 e. The van der Waals surface area contributed by atoms with E-state index in [9.17, 15) is 4.79 Å². The van der Waals surface area contributed by atoms with Crippen molar-refractivity contribution in [2.75, 3.05) is 26.3 Å². The van der Waals surface area contributed by atoms with Crippen LogP contribution in [-0.2, 0) is 4.74 Å². The van der Waals surface area contributed by atoms with Gasteiger partial charge in [0, 0.05) is 44.0 Å². The first-order valence-corrected chi connectivity index (χ1v) is 8.00.